The van der Waals surface area contributed by atoms with Gasteiger partial charge in [-0.3, -0.25) is 4.79 Å². The second-order valence-corrected chi connectivity index (χ2v) is 8.58. The van der Waals surface area contributed by atoms with Crippen LogP contribution in [0.4, 0.5) is 9.61 Å². The van der Waals surface area contributed by atoms with Gasteiger partial charge >= 0.3 is 0 Å². The second-order valence-electron chi connectivity index (χ2n) is 7.57. The quantitative estimate of drug-likeness (QED) is 0.311. The van der Waals surface area contributed by atoms with Crippen LogP contribution in [-0.4, -0.2) is 15.9 Å². The van der Waals surface area contributed by atoms with Crippen LogP contribution in [0.25, 0.3) is 21.3 Å². The monoisotopic (exact) mass is 427 g/mol. The van der Waals surface area contributed by atoms with E-state index in [1.165, 1.54) is 11.3 Å². The van der Waals surface area contributed by atoms with E-state index in [2.05, 4.69) is 21.8 Å². The number of rotatable bonds is 3. The summed E-state index contributed by atoms with van der Waals surface area (Å²) in [6.45, 7) is 2.05. The molecule has 0 bridgehead atoms. The summed E-state index contributed by atoms with van der Waals surface area (Å²) in [4.78, 5) is 20.6. The van der Waals surface area contributed by atoms with Crippen molar-refractivity contribution >= 4 is 32.6 Å². The largest absolute Gasteiger partial charge is 0.272 e. The number of halogens is 1. The van der Waals surface area contributed by atoms with Gasteiger partial charge in [0.1, 0.15) is 5.69 Å². The molecule has 31 heavy (non-hydrogen) atoms. The Balaban J connectivity index is 1.47. The van der Waals surface area contributed by atoms with E-state index in [0.29, 0.717) is 5.52 Å². The number of benzene rings is 2. The molecule has 2 heterocycles. The standard InChI is InChI=1S/C25H18FN3OS/c1-16-5-6-17(7-11-20-4-2-3-13-27-20)14-21(16)19-10-12-22-23(15-19)31-25(28-22)29(26)24(30)18-8-9-18/h2-6,10,12-15,18H,8-9H2,1H3. The zero-order valence-electron chi connectivity index (χ0n) is 16.8. The van der Waals surface area contributed by atoms with E-state index >= 15 is 0 Å². The molecule has 6 heteroatoms. The van der Waals surface area contributed by atoms with Crippen LogP contribution in [0.5, 0.6) is 0 Å². The summed E-state index contributed by atoms with van der Waals surface area (Å²) in [6, 6.07) is 17.5. The van der Waals surface area contributed by atoms with Crippen LogP contribution in [-0.2, 0) is 4.79 Å². The smallest absolute Gasteiger partial charge is 0.260 e. The maximum Gasteiger partial charge on any atom is 0.260 e. The predicted molar refractivity (Wildman–Crippen MR) is 121 cm³/mol. The van der Waals surface area contributed by atoms with Crippen molar-refractivity contribution in [1.82, 2.24) is 9.97 Å². The van der Waals surface area contributed by atoms with E-state index in [4.69, 9.17) is 0 Å². The zero-order valence-corrected chi connectivity index (χ0v) is 17.6. The predicted octanol–water partition coefficient (Wildman–Crippen LogP) is 5.69. The minimum atomic E-state index is -0.491. The normalized spacial score (nSPS) is 13.0. The molecule has 1 fully saturated rings. The van der Waals surface area contributed by atoms with Gasteiger partial charge in [-0.2, -0.15) is 0 Å². The van der Waals surface area contributed by atoms with Crippen molar-refractivity contribution in [2.75, 3.05) is 5.12 Å². The third kappa shape index (κ3) is 4.05. The number of hydrogen-bond acceptors (Lipinski definition) is 4. The summed E-state index contributed by atoms with van der Waals surface area (Å²) in [6.07, 6.45) is 3.24. The van der Waals surface area contributed by atoms with Gasteiger partial charge in [0.15, 0.2) is 0 Å². The third-order valence-electron chi connectivity index (χ3n) is 5.21. The maximum absolute atomic E-state index is 14.4. The minimum Gasteiger partial charge on any atom is -0.272 e. The molecule has 0 spiro atoms. The number of carbonyl (C=O) groups excluding carboxylic acids is 1. The Bertz CT molecular complexity index is 1350. The Labute approximate surface area is 183 Å². The molecular formula is C25H18FN3OS. The van der Waals surface area contributed by atoms with Crippen molar-refractivity contribution in [1.29, 1.82) is 0 Å². The molecule has 4 aromatic rings. The molecule has 0 radical (unpaired) electrons. The molecule has 2 aromatic heterocycles. The van der Waals surface area contributed by atoms with Crippen molar-refractivity contribution in [3.8, 4) is 23.0 Å². The highest BCUT2D eigenvalue weighted by atomic mass is 32.1. The zero-order chi connectivity index (χ0) is 21.4. The third-order valence-corrected chi connectivity index (χ3v) is 6.19. The van der Waals surface area contributed by atoms with E-state index in [0.717, 1.165) is 45.5 Å². The molecule has 4 nitrogen and oxygen atoms in total. The molecule has 0 unspecified atom stereocenters. The molecule has 2 aromatic carbocycles. The topological polar surface area (TPSA) is 46.1 Å². The SMILES string of the molecule is Cc1ccc(C#Cc2ccccn2)cc1-c1ccc2nc(N(F)C(=O)C3CC3)sc2c1. The van der Waals surface area contributed by atoms with Gasteiger partial charge in [-0.1, -0.05) is 39.9 Å². The molecular weight excluding hydrogens is 409 g/mol. The maximum atomic E-state index is 14.4. The van der Waals surface area contributed by atoms with Crippen LogP contribution in [0, 0.1) is 24.7 Å². The second kappa shape index (κ2) is 7.93. The molecule has 1 saturated carbocycles. The number of nitrogens with zero attached hydrogens (tertiary/aromatic N) is 3. The summed E-state index contributed by atoms with van der Waals surface area (Å²) in [7, 11) is 0. The number of carbonyl (C=O) groups is 1. The van der Waals surface area contributed by atoms with Crippen LogP contribution >= 0.6 is 11.3 Å². The van der Waals surface area contributed by atoms with Gasteiger partial charge in [-0.25, -0.2) is 9.97 Å². The average molecular weight is 428 g/mol. The lowest BCUT2D eigenvalue weighted by Crippen LogP contribution is -2.23. The number of amides is 1. The first-order valence-corrected chi connectivity index (χ1v) is 10.8. The van der Waals surface area contributed by atoms with Crippen molar-refractivity contribution in [3.05, 3.63) is 77.6 Å². The van der Waals surface area contributed by atoms with E-state index in [1.54, 1.807) is 6.20 Å². The number of thiazole rings is 1. The van der Waals surface area contributed by atoms with Crippen LogP contribution in [0.1, 0.15) is 29.7 Å². The average Bonchev–Trinajstić information content (AvgIpc) is 3.56. The molecule has 0 N–H and O–H groups in total. The Morgan fingerprint density at radius 2 is 2.00 bits per heavy atom. The fourth-order valence-electron chi connectivity index (χ4n) is 3.33. The lowest BCUT2D eigenvalue weighted by atomic mass is 9.98. The van der Waals surface area contributed by atoms with Crippen LogP contribution < -0.4 is 5.12 Å². The van der Waals surface area contributed by atoms with Gasteiger partial charge in [0, 0.05) is 17.7 Å². The molecule has 1 amide bonds. The first kappa shape index (κ1) is 19.4. The Morgan fingerprint density at radius 3 is 2.77 bits per heavy atom. The lowest BCUT2D eigenvalue weighted by molar-refractivity contribution is -0.122. The molecule has 152 valence electrons. The number of aromatic nitrogens is 2. The number of pyridine rings is 1. The summed E-state index contributed by atoms with van der Waals surface area (Å²) in [5.74, 6) is 5.57. The van der Waals surface area contributed by atoms with Gasteiger partial charge in [-0.05, 0) is 78.8 Å². The first-order valence-electron chi connectivity index (χ1n) is 10.0. The van der Waals surface area contributed by atoms with E-state index in [1.807, 2.05) is 61.5 Å². The van der Waals surface area contributed by atoms with Crippen molar-refractivity contribution in [3.63, 3.8) is 0 Å². The Kier molecular flexibility index (Phi) is 4.97. The number of fused-ring (bicyclic) bond motifs is 1. The summed E-state index contributed by atoms with van der Waals surface area (Å²) in [5, 5.41) is 0.303. The van der Waals surface area contributed by atoms with Gasteiger partial charge < -0.3 is 0 Å². The Hall–Kier alpha value is -3.56. The van der Waals surface area contributed by atoms with Crippen molar-refractivity contribution in [2.24, 2.45) is 5.92 Å². The highest BCUT2D eigenvalue weighted by Gasteiger charge is 2.35. The highest BCUT2D eigenvalue weighted by Crippen LogP contribution is 2.37. The lowest BCUT2D eigenvalue weighted by Gasteiger charge is -2.07. The van der Waals surface area contributed by atoms with Gasteiger partial charge in [0.25, 0.3) is 5.91 Å². The molecule has 1 aliphatic rings. The number of anilines is 1. The number of hydrogen-bond donors (Lipinski definition) is 0. The van der Waals surface area contributed by atoms with Crippen LogP contribution in [0.2, 0.25) is 0 Å². The van der Waals surface area contributed by atoms with E-state index in [-0.39, 0.29) is 16.2 Å². The molecule has 0 aliphatic heterocycles. The summed E-state index contributed by atoms with van der Waals surface area (Å²) >= 11 is 1.19. The molecule has 5 rings (SSSR count). The van der Waals surface area contributed by atoms with Gasteiger partial charge in [0.2, 0.25) is 5.13 Å². The highest BCUT2D eigenvalue weighted by molar-refractivity contribution is 7.22. The molecule has 1 aliphatic carbocycles. The van der Waals surface area contributed by atoms with Crippen molar-refractivity contribution in [2.45, 2.75) is 19.8 Å². The van der Waals surface area contributed by atoms with Crippen molar-refractivity contribution < 1.29 is 9.28 Å². The van der Waals surface area contributed by atoms with Gasteiger partial charge in [0.05, 0.1) is 10.2 Å². The minimum absolute atomic E-state index is 0.0933. The van der Waals surface area contributed by atoms with Gasteiger partial charge in [-0.15, -0.1) is 5.12 Å². The van der Waals surface area contributed by atoms with Crippen LogP contribution in [0.3, 0.4) is 0 Å². The summed E-state index contributed by atoms with van der Waals surface area (Å²) < 4.78 is 15.3. The number of aryl methyl sites for hydroxylation is 1. The van der Waals surface area contributed by atoms with Crippen LogP contribution in [0.15, 0.2) is 60.8 Å². The first-order chi connectivity index (χ1) is 15.1. The van der Waals surface area contributed by atoms with E-state index < -0.39 is 5.91 Å². The summed E-state index contributed by atoms with van der Waals surface area (Å²) in [5.41, 5.74) is 5.46. The van der Waals surface area contributed by atoms with E-state index in [9.17, 15) is 9.28 Å². The fourth-order valence-corrected chi connectivity index (χ4v) is 4.25. The molecule has 0 atom stereocenters. The Morgan fingerprint density at radius 1 is 1.13 bits per heavy atom. The fraction of sp³-hybridized carbons (Fsp3) is 0.160. The molecule has 0 saturated heterocycles.